The zero-order chi connectivity index (χ0) is 15.1. The van der Waals surface area contributed by atoms with Crippen LogP contribution in [-0.4, -0.2) is 24.0 Å². The number of ether oxygens (including phenoxy) is 1. The maximum Gasteiger partial charge on any atom is 0.257 e. The van der Waals surface area contributed by atoms with Gasteiger partial charge in [0.05, 0.1) is 0 Å². The Morgan fingerprint density at radius 3 is 2.57 bits per heavy atom. The van der Waals surface area contributed by atoms with Crippen molar-refractivity contribution in [1.82, 2.24) is 10.3 Å². The second kappa shape index (κ2) is 7.43. The lowest BCUT2D eigenvalue weighted by molar-refractivity contribution is -0.123. The Morgan fingerprint density at radius 2 is 1.90 bits per heavy atom. The maximum atomic E-state index is 11.8. The highest BCUT2D eigenvalue weighted by Gasteiger charge is 2.06. The van der Waals surface area contributed by atoms with Crippen molar-refractivity contribution in [3.63, 3.8) is 0 Å². The Balaban J connectivity index is 1.75. The molecule has 21 heavy (non-hydrogen) atoms. The van der Waals surface area contributed by atoms with Crippen molar-refractivity contribution in [3.05, 3.63) is 59.4 Å². The van der Waals surface area contributed by atoms with E-state index in [4.69, 9.17) is 4.74 Å². The van der Waals surface area contributed by atoms with Gasteiger partial charge in [-0.3, -0.25) is 9.78 Å². The molecule has 1 aromatic heterocycles. The van der Waals surface area contributed by atoms with Gasteiger partial charge in [-0.2, -0.15) is 0 Å². The summed E-state index contributed by atoms with van der Waals surface area (Å²) in [6.07, 6.45) is 2.47. The number of para-hydroxylation sites is 1. The van der Waals surface area contributed by atoms with Crippen LogP contribution in [0.2, 0.25) is 0 Å². The molecule has 1 amide bonds. The summed E-state index contributed by atoms with van der Waals surface area (Å²) in [6.45, 7) is 4.54. The molecule has 0 bridgehead atoms. The van der Waals surface area contributed by atoms with E-state index in [1.807, 2.05) is 50.2 Å². The number of pyridine rings is 1. The molecule has 0 saturated carbocycles. The van der Waals surface area contributed by atoms with Crippen molar-refractivity contribution in [2.75, 3.05) is 13.2 Å². The van der Waals surface area contributed by atoms with E-state index in [0.717, 1.165) is 29.0 Å². The Bertz CT molecular complexity index is 577. The van der Waals surface area contributed by atoms with E-state index < -0.39 is 0 Å². The predicted octanol–water partition coefficient (Wildman–Crippen LogP) is 2.44. The lowest BCUT2D eigenvalue weighted by Crippen LogP contribution is -2.30. The van der Waals surface area contributed by atoms with Crippen molar-refractivity contribution in [2.24, 2.45) is 0 Å². The second-order valence-electron chi connectivity index (χ2n) is 4.93. The van der Waals surface area contributed by atoms with Gasteiger partial charge < -0.3 is 10.1 Å². The SMILES string of the molecule is Cc1cccc(C)c1OCC(=O)NCCc1ccccn1. The van der Waals surface area contributed by atoms with Gasteiger partial charge in [-0.05, 0) is 37.1 Å². The summed E-state index contributed by atoms with van der Waals surface area (Å²) in [5.74, 6) is 0.672. The second-order valence-corrected chi connectivity index (χ2v) is 4.93. The Labute approximate surface area is 125 Å². The third-order valence-corrected chi connectivity index (χ3v) is 3.19. The first-order valence-electron chi connectivity index (χ1n) is 7.02. The van der Waals surface area contributed by atoms with E-state index in [1.165, 1.54) is 0 Å². The number of carbonyl (C=O) groups excluding carboxylic acids is 1. The maximum absolute atomic E-state index is 11.8. The Hall–Kier alpha value is -2.36. The molecule has 0 aliphatic carbocycles. The van der Waals surface area contributed by atoms with Crippen molar-refractivity contribution >= 4 is 5.91 Å². The molecule has 110 valence electrons. The van der Waals surface area contributed by atoms with E-state index in [2.05, 4.69) is 10.3 Å². The minimum absolute atomic E-state index is 0.0356. The van der Waals surface area contributed by atoms with E-state index in [9.17, 15) is 4.79 Å². The van der Waals surface area contributed by atoms with E-state index in [1.54, 1.807) is 6.20 Å². The summed E-state index contributed by atoms with van der Waals surface area (Å²) in [6, 6.07) is 11.7. The molecule has 4 nitrogen and oxygen atoms in total. The van der Waals surface area contributed by atoms with Gasteiger partial charge in [0.1, 0.15) is 5.75 Å². The first-order chi connectivity index (χ1) is 10.2. The molecule has 0 radical (unpaired) electrons. The summed E-state index contributed by atoms with van der Waals surface area (Å²) in [5, 5.41) is 2.84. The molecular formula is C17H20N2O2. The van der Waals surface area contributed by atoms with Crippen molar-refractivity contribution in [1.29, 1.82) is 0 Å². The third kappa shape index (κ3) is 4.60. The number of aromatic nitrogens is 1. The fourth-order valence-corrected chi connectivity index (χ4v) is 2.09. The number of benzene rings is 1. The average molecular weight is 284 g/mol. The topological polar surface area (TPSA) is 51.2 Å². The molecule has 2 rings (SSSR count). The van der Waals surface area contributed by atoms with Gasteiger partial charge in [-0.15, -0.1) is 0 Å². The van der Waals surface area contributed by atoms with Crippen LogP contribution in [0.25, 0.3) is 0 Å². The van der Waals surface area contributed by atoms with E-state index >= 15 is 0 Å². The summed E-state index contributed by atoms with van der Waals surface area (Å²) < 4.78 is 5.60. The lowest BCUT2D eigenvalue weighted by Gasteiger charge is -2.11. The highest BCUT2D eigenvalue weighted by molar-refractivity contribution is 5.77. The van der Waals surface area contributed by atoms with Gasteiger partial charge in [0.15, 0.2) is 6.61 Å². The van der Waals surface area contributed by atoms with Crippen molar-refractivity contribution in [2.45, 2.75) is 20.3 Å². The molecule has 2 aromatic rings. The number of carbonyl (C=O) groups is 1. The number of hydrogen-bond acceptors (Lipinski definition) is 3. The Morgan fingerprint density at radius 1 is 1.14 bits per heavy atom. The third-order valence-electron chi connectivity index (χ3n) is 3.19. The summed E-state index contributed by atoms with van der Waals surface area (Å²) in [7, 11) is 0. The first kappa shape index (κ1) is 15.0. The molecule has 0 spiro atoms. The quantitative estimate of drug-likeness (QED) is 0.886. The fraction of sp³-hybridized carbons (Fsp3) is 0.294. The van der Waals surface area contributed by atoms with Crippen LogP contribution in [0.3, 0.4) is 0 Å². The molecule has 1 aromatic carbocycles. The monoisotopic (exact) mass is 284 g/mol. The molecule has 0 saturated heterocycles. The minimum atomic E-state index is -0.117. The van der Waals surface area contributed by atoms with Crippen LogP contribution in [0.5, 0.6) is 5.75 Å². The molecule has 0 atom stereocenters. The largest absolute Gasteiger partial charge is 0.483 e. The van der Waals surface area contributed by atoms with Crippen LogP contribution < -0.4 is 10.1 Å². The minimum Gasteiger partial charge on any atom is -0.483 e. The number of aryl methyl sites for hydroxylation is 2. The number of amides is 1. The van der Waals surface area contributed by atoms with Gasteiger partial charge in [-0.1, -0.05) is 24.3 Å². The molecular weight excluding hydrogens is 264 g/mol. The van der Waals surface area contributed by atoms with Crippen LogP contribution >= 0.6 is 0 Å². The van der Waals surface area contributed by atoms with Crippen LogP contribution in [0, 0.1) is 13.8 Å². The Kier molecular flexibility index (Phi) is 5.32. The fourth-order valence-electron chi connectivity index (χ4n) is 2.09. The van der Waals surface area contributed by atoms with Crippen LogP contribution in [-0.2, 0) is 11.2 Å². The van der Waals surface area contributed by atoms with Gasteiger partial charge in [0, 0.05) is 24.9 Å². The normalized spacial score (nSPS) is 10.2. The molecule has 0 unspecified atom stereocenters. The highest BCUT2D eigenvalue weighted by atomic mass is 16.5. The molecule has 1 N–H and O–H groups in total. The van der Waals surface area contributed by atoms with E-state index in [0.29, 0.717) is 6.54 Å². The molecule has 4 heteroatoms. The number of nitrogens with one attached hydrogen (secondary N) is 1. The van der Waals surface area contributed by atoms with Crippen LogP contribution in [0.1, 0.15) is 16.8 Å². The van der Waals surface area contributed by atoms with Gasteiger partial charge in [0.2, 0.25) is 0 Å². The number of hydrogen-bond donors (Lipinski definition) is 1. The zero-order valence-corrected chi connectivity index (χ0v) is 12.4. The highest BCUT2D eigenvalue weighted by Crippen LogP contribution is 2.21. The molecule has 0 aliphatic rings. The molecule has 0 fully saturated rings. The number of nitrogens with zero attached hydrogens (tertiary/aromatic N) is 1. The van der Waals surface area contributed by atoms with Crippen molar-refractivity contribution < 1.29 is 9.53 Å². The predicted molar refractivity (Wildman–Crippen MR) is 82.4 cm³/mol. The average Bonchev–Trinajstić information content (AvgIpc) is 2.48. The summed E-state index contributed by atoms with van der Waals surface area (Å²) >= 11 is 0. The first-order valence-corrected chi connectivity index (χ1v) is 7.02. The summed E-state index contributed by atoms with van der Waals surface area (Å²) in [5.41, 5.74) is 3.04. The van der Waals surface area contributed by atoms with Gasteiger partial charge >= 0.3 is 0 Å². The van der Waals surface area contributed by atoms with Crippen LogP contribution in [0.15, 0.2) is 42.6 Å². The zero-order valence-electron chi connectivity index (χ0n) is 12.4. The van der Waals surface area contributed by atoms with Crippen molar-refractivity contribution in [3.8, 4) is 5.75 Å². The van der Waals surface area contributed by atoms with Gasteiger partial charge in [-0.25, -0.2) is 0 Å². The smallest absolute Gasteiger partial charge is 0.257 e. The molecule has 1 heterocycles. The number of rotatable bonds is 6. The van der Waals surface area contributed by atoms with Gasteiger partial charge in [0.25, 0.3) is 5.91 Å². The lowest BCUT2D eigenvalue weighted by atomic mass is 10.1. The summed E-state index contributed by atoms with van der Waals surface area (Å²) in [4.78, 5) is 16.0. The molecule has 0 aliphatic heterocycles. The standard InChI is InChI=1S/C17H20N2O2/c1-13-6-5-7-14(2)17(13)21-12-16(20)19-11-9-15-8-3-4-10-18-15/h3-8,10H,9,11-12H2,1-2H3,(H,19,20). The van der Waals surface area contributed by atoms with E-state index in [-0.39, 0.29) is 12.5 Å². The van der Waals surface area contributed by atoms with Crippen LogP contribution in [0.4, 0.5) is 0 Å².